The second-order valence-electron chi connectivity index (χ2n) is 4.69. The molecule has 0 aliphatic carbocycles. The molecule has 76 valence electrons. The summed E-state index contributed by atoms with van der Waals surface area (Å²) in [7, 11) is 0. The molecule has 0 N–H and O–H groups in total. The molecule has 0 amide bonds. The van der Waals surface area contributed by atoms with Crippen LogP contribution < -0.4 is 0 Å². The van der Waals surface area contributed by atoms with Crippen LogP contribution in [-0.2, 0) is 0 Å². The van der Waals surface area contributed by atoms with E-state index in [1.807, 2.05) is 6.20 Å². The Bertz CT molecular complexity index is 204. The average Bonchev–Trinajstić information content (AvgIpc) is 1.99. The maximum absolute atomic E-state index is 4.47. The molecule has 0 saturated carbocycles. The van der Waals surface area contributed by atoms with Gasteiger partial charge in [0.2, 0.25) is 0 Å². The van der Waals surface area contributed by atoms with Crippen LogP contribution in [0.15, 0.2) is 16.8 Å². The van der Waals surface area contributed by atoms with E-state index in [4.69, 9.17) is 0 Å². The van der Waals surface area contributed by atoms with Crippen molar-refractivity contribution in [3.05, 3.63) is 11.8 Å². The first-order valence-electron chi connectivity index (χ1n) is 5.08. The molecule has 0 aromatic rings. The van der Waals surface area contributed by atoms with Crippen LogP contribution in [0.4, 0.5) is 0 Å². The van der Waals surface area contributed by atoms with Gasteiger partial charge in [0.05, 0.1) is 0 Å². The normalized spacial score (nSPS) is 14.9. The van der Waals surface area contributed by atoms with E-state index in [9.17, 15) is 0 Å². The SMILES string of the molecule is CCC/C(C)=C/N=C(C)C(C)(C)C. The molecular formula is C12H23N. The summed E-state index contributed by atoms with van der Waals surface area (Å²) in [6.45, 7) is 13.0. The summed E-state index contributed by atoms with van der Waals surface area (Å²) in [6.07, 6.45) is 4.36. The summed E-state index contributed by atoms with van der Waals surface area (Å²) in [5, 5.41) is 0. The van der Waals surface area contributed by atoms with Crippen LogP contribution in [-0.4, -0.2) is 5.71 Å². The number of rotatable bonds is 3. The fraction of sp³-hybridized carbons (Fsp3) is 0.750. The summed E-state index contributed by atoms with van der Waals surface area (Å²) in [5.74, 6) is 0. The fourth-order valence-corrected chi connectivity index (χ4v) is 0.860. The van der Waals surface area contributed by atoms with E-state index in [0.29, 0.717) is 0 Å². The lowest BCUT2D eigenvalue weighted by Crippen LogP contribution is -2.16. The van der Waals surface area contributed by atoms with E-state index < -0.39 is 0 Å². The standard InChI is InChI=1S/C12H23N/c1-7-8-10(2)9-13-11(3)12(4,5)6/h9H,7-8H2,1-6H3/b10-9+,13-11?. The summed E-state index contributed by atoms with van der Waals surface area (Å²) >= 11 is 0. The van der Waals surface area contributed by atoms with Gasteiger partial charge in [-0.15, -0.1) is 0 Å². The Balaban J connectivity index is 4.33. The zero-order valence-electron chi connectivity index (χ0n) is 9.94. The Morgan fingerprint density at radius 2 is 1.77 bits per heavy atom. The third-order valence-electron chi connectivity index (χ3n) is 2.21. The van der Waals surface area contributed by atoms with Crippen molar-refractivity contribution < 1.29 is 0 Å². The van der Waals surface area contributed by atoms with Gasteiger partial charge in [-0.2, -0.15) is 0 Å². The lowest BCUT2D eigenvalue weighted by Gasteiger charge is -2.17. The van der Waals surface area contributed by atoms with Crippen LogP contribution in [0.25, 0.3) is 0 Å². The van der Waals surface area contributed by atoms with Crippen molar-refractivity contribution in [2.75, 3.05) is 0 Å². The van der Waals surface area contributed by atoms with E-state index in [1.165, 1.54) is 17.7 Å². The second kappa shape index (κ2) is 5.21. The molecule has 0 atom stereocenters. The predicted octanol–water partition coefficient (Wildman–Crippen LogP) is 4.20. The van der Waals surface area contributed by atoms with Gasteiger partial charge < -0.3 is 0 Å². The molecule has 0 bridgehead atoms. The molecule has 0 aliphatic rings. The maximum atomic E-state index is 4.47. The highest BCUT2D eigenvalue weighted by atomic mass is 14.7. The van der Waals surface area contributed by atoms with Gasteiger partial charge in [0.1, 0.15) is 0 Å². The highest BCUT2D eigenvalue weighted by molar-refractivity contribution is 5.87. The monoisotopic (exact) mass is 181 g/mol. The van der Waals surface area contributed by atoms with E-state index in [-0.39, 0.29) is 5.41 Å². The lowest BCUT2D eigenvalue weighted by molar-refractivity contribution is 0.588. The van der Waals surface area contributed by atoms with Crippen molar-refractivity contribution in [1.29, 1.82) is 0 Å². The van der Waals surface area contributed by atoms with Crippen molar-refractivity contribution in [3.8, 4) is 0 Å². The Morgan fingerprint density at radius 3 is 2.15 bits per heavy atom. The van der Waals surface area contributed by atoms with Gasteiger partial charge in [0.15, 0.2) is 0 Å². The van der Waals surface area contributed by atoms with Crippen LogP contribution in [0.5, 0.6) is 0 Å². The van der Waals surface area contributed by atoms with Gasteiger partial charge in [-0.1, -0.05) is 39.7 Å². The number of aliphatic imine (C=N–C) groups is 1. The van der Waals surface area contributed by atoms with Crippen molar-refractivity contribution in [2.45, 2.75) is 54.4 Å². The molecule has 0 aromatic heterocycles. The topological polar surface area (TPSA) is 12.4 Å². The van der Waals surface area contributed by atoms with E-state index in [1.54, 1.807) is 0 Å². The van der Waals surface area contributed by atoms with Gasteiger partial charge in [0, 0.05) is 11.9 Å². The molecule has 0 saturated heterocycles. The molecule has 0 aromatic carbocycles. The molecule has 1 heteroatoms. The Kier molecular flexibility index (Phi) is 4.97. The number of hydrogen-bond acceptors (Lipinski definition) is 1. The first-order chi connectivity index (χ1) is 5.88. The van der Waals surface area contributed by atoms with Crippen LogP contribution in [0.3, 0.4) is 0 Å². The van der Waals surface area contributed by atoms with Crippen molar-refractivity contribution >= 4 is 5.71 Å². The van der Waals surface area contributed by atoms with Crippen molar-refractivity contribution in [1.82, 2.24) is 0 Å². The predicted molar refractivity (Wildman–Crippen MR) is 61.2 cm³/mol. The Labute approximate surface area is 83.0 Å². The zero-order chi connectivity index (χ0) is 10.5. The molecule has 0 fully saturated rings. The maximum Gasteiger partial charge on any atom is 0.0256 e. The van der Waals surface area contributed by atoms with Crippen molar-refractivity contribution in [2.24, 2.45) is 10.4 Å². The molecule has 0 spiro atoms. The Morgan fingerprint density at radius 1 is 1.23 bits per heavy atom. The summed E-state index contributed by atoms with van der Waals surface area (Å²) in [5.41, 5.74) is 2.76. The first kappa shape index (κ1) is 12.4. The first-order valence-corrected chi connectivity index (χ1v) is 5.08. The fourth-order valence-electron chi connectivity index (χ4n) is 0.860. The van der Waals surface area contributed by atoms with Crippen LogP contribution in [0, 0.1) is 5.41 Å². The molecule has 0 aliphatic heterocycles. The molecule has 0 rings (SSSR count). The smallest absolute Gasteiger partial charge is 0.0256 e. The second-order valence-corrected chi connectivity index (χ2v) is 4.69. The summed E-state index contributed by atoms with van der Waals surface area (Å²) < 4.78 is 0. The molecule has 0 radical (unpaired) electrons. The largest absolute Gasteiger partial charge is 0.265 e. The van der Waals surface area contributed by atoms with E-state index in [0.717, 1.165) is 6.42 Å². The van der Waals surface area contributed by atoms with Gasteiger partial charge in [-0.25, -0.2) is 0 Å². The molecule has 13 heavy (non-hydrogen) atoms. The van der Waals surface area contributed by atoms with Gasteiger partial charge in [-0.3, -0.25) is 4.99 Å². The van der Waals surface area contributed by atoms with Gasteiger partial charge in [0.25, 0.3) is 0 Å². The highest BCUT2D eigenvalue weighted by Crippen LogP contribution is 2.16. The molecular weight excluding hydrogens is 158 g/mol. The van der Waals surface area contributed by atoms with Gasteiger partial charge >= 0.3 is 0 Å². The zero-order valence-corrected chi connectivity index (χ0v) is 9.94. The quantitative estimate of drug-likeness (QED) is 0.579. The number of hydrogen-bond donors (Lipinski definition) is 0. The number of nitrogens with zero attached hydrogens (tertiary/aromatic N) is 1. The minimum Gasteiger partial charge on any atom is -0.265 e. The minimum atomic E-state index is 0.197. The lowest BCUT2D eigenvalue weighted by atomic mass is 9.91. The van der Waals surface area contributed by atoms with Crippen LogP contribution >= 0.6 is 0 Å². The third-order valence-corrected chi connectivity index (χ3v) is 2.21. The Hall–Kier alpha value is -0.590. The number of allylic oxidation sites excluding steroid dienone is 1. The van der Waals surface area contributed by atoms with Crippen LogP contribution in [0.1, 0.15) is 54.4 Å². The van der Waals surface area contributed by atoms with E-state index in [2.05, 4.69) is 46.5 Å². The molecule has 0 unspecified atom stereocenters. The molecule has 0 heterocycles. The van der Waals surface area contributed by atoms with Crippen molar-refractivity contribution in [3.63, 3.8) is 0 Å². The minimum absolute atomic E-state index is 0.197. The van der Waals surface area contributed by atoms with Crippen LogP contribution in [0.2, 0.25) is 0 Å². The summed E-state index contributed by atoms with van der Waals surface area (Å²) in [4.78, 5) is 4.47. The molecule has 1 nitrogen and oxygen atoms in total. The third kappa shape index (κ3) is 5.62. The van der Waals surface area contributed by atoms with Gasteiger partial charge in [-0.05, 0) is 25.7 Å². The van der Waals surface area contributed by atoms with E-state index >= 15 is 0 Å². The highest BCUT2D eigenvalue weighted by Gasteiger charge is 2.12. The average molecular weight is 181 g/mol. The summed E-state index contributed by atoms with van der Waals surface area (Å²) in [6, 6.07) is 0.